The first kappa shape index (κ1) is 15.6. The highest BCUT2D eigenvalue weighted by Crippen LogP contribution is 2.29. The van der Waals surface area contributed by atoms with Crippen LogP contribution in [0, 0.1) is 13.8 Å². The third kappa shape index (κ3) is 2.81. The zero-order valence-electron chi connectivity index (χ0n) is 13.1. The largest absolute Gasteiger partial charge is 0.478 e. The lowest BCUT2D eigenvalue weighted by Gasteiger charge is -2.08. The standard InChI is InChI=1S/C17H24N2O2/c1-4-5-8-19-12(3)13(6-7-18)15-9-11(2)14(17(20)21)10-16(15)19/h9-10H,4-8,18H2,1-3H3,(H,20,21). The molecule has 0 spiro atoms. The molecule has 0 saturated carbocycles. The lowest BCUT2D eigenvalue weighted by molar-refractivity contribution is 0.0696. The van der Waals surface area contributed by atoms with Crippen molar-refractivity contribution in [1.29, 1.82) is 0 Å². The summed E-state index contributed by atoms with van der Waals surface area (Å²) < 4.78 is 2.25. The first-order chi connectivity index (χ1) is 10.0. The van der Waals surface area contributed by atoms with Crippen LogP contribution in [0.1, 0.15) is 46.9 Å². The van der Waals surface area contributed by atoms with Crippen molar-refractivity contribution in [3.8, 4) is 0 Å². The van der Waals surface area contributed by atoms with Gasteiger partial charge < -0.3 is 15.4 Å². The number of benzene rings is 1. The van der Waals surface area contributed by atoms with Crippen molar-refractivity contribution in [2.45, 2.75) is 46.6 Å². The molecule has 1 aromatic heterocycles. The molecule has 3 N–H and O–H groups in total. The van der Waals surface area contributed by atoms with Gasteiger partial charge in [0, 0.05) is 23.1 Å². The molecule has 0 amide bonds. The fraction of sp³-hybridized carbons (Fsp3) is 0.471. The third-order valence-corrected chi connectivity index (χ3v) is 4.16. The second kappa shape index (κ2) is 6.31. The molecule has 0 unspecified atom stereocenters. The molecule has 2 rings (SSSR count). The molecule has 0 aliphatic heterocycles. The minimum atomic E-state index is -0.865. The highest BCUT2D eigenvalue weighted by Gasteiger charge is 2.17. The number of unbranched alkanes of at least 4 members (excludes halogenated alkanes) is 1. The third-order valence-electron chi connectivity index (χ3n) is 4.16. The molecule has 0 fully saturated rings. The number of aromatic carboxylic acids is 1. The van der Waals surface area contributed by atoms with Gasteiger partial charge in [0.15, 0.2) is 0 Å². The van der Waals surface area contributed by atoms with Gasteiger partial charge in [0.1, 0.15) is 0 Å². The highest BCUT2D eigenvalue weighted by atomic mass is 16.4. The summed E-state index contributed by atoms with van der Waals surface area (Å²) in [5.41, 5.74) is 10.4. The summed E-state index contributed by atoms with van der Waals surface area (Å²) in [6.45, 7) is 7.65. The van der Waals surface area contributed by atoms with E-state index in [1.165, 1.54) is 11.3 Å². The van der Waals surface area contributed by atoms with E-state index in [2.05, 4.69) is 18.4 Å². The molecule has 114 valence electrons. The van der Waals surface area contributed by atoms with Gasteiger partial charge in [0.25, 0.3) is 0 Å². The normalized spacial score (nSPS) is 11.2. The van der Waals surface area contributed by atoms with Crippen molar-refractivity contribution in [3.63, 3.8) is 0 Å². The van der Waals surface area contributed by atoms with Crippen LogP contribution >= 0.6 is 0 Å². The monoisotopic (exact) mass is 288 g/mol. The average Bonchev–Trinajstić information content (AvgIpc) is 2.68. The van der Waals surface area contributed by atoms with E-state index in [1.54, 1.807) is 0 Å². The SMILES string of the molecule is CCCCn1c(C)c(CCN)c2cc(C)c(C(=O)O)cc21. The fourth-order valence-electron chi connectivity index (χ4n) is 2.99. The van der Waals surface area contributed by atoms with Crippen molar-refractivity contribution in [2.75, 3.05) is 6.54 Å². The number of hydrogen-bond acceptors (Lipinski definition) is 2. The van der Waals surface area contributed by atoms with Crippen LogP contribution in [-0.4, -0.2) is 22.2 Å². The molecule has 1 aromatic carbocycles. The van der Waals surface area contributed by atoms with E-state index < -0.39 is 5.97 Å². The number of nitrogens with two attached hydrogens (primary N) is 1. The number of rotatable bonds is 6. The predicted octanol–water partition coefficient (Wildman–Crippen LogP) is 3.26. The number of carbonyl (C=O) groups is 1. The zero-order valence-corrected chi connectivity index (χ0v) is 13.1. The summed E-state index contributed by atoms with van der Waals surface area (Å²) in [5, 5.41) is 10.5. The molecule has 0 saturated heterocycles. The summed E-state index contributed by atoms with van der Waals surface area (Å²) in [5.74, 6) is -0.865. The Kier molecular flexibility index (Phi) is 4.68. The second-order valence-electron chi connectivity index (χ2n) is 5.60. The number of nitrogens with zero attached hydrogens (tertiary/aromatic N) is 1. The Balaban J connectivity index is 2.71. The van der Waals surface area contributed by atoms with Crippen LogP contribution in [0.25, 0.3) is 10.9 Å². The average molecular weight is 288 g/mol. The Labute approximate surface area is 125 Å². The number of carboxylic acid groups (broad SMARTS) is 1. The Hall–Kier alpha value is -1.81. The van der Waals surface area contributed by atoms with E-state index in [4.69, 9.17) is 5.73 Å². The van der Waals surface area contributed by atoms with Crippen LogP contribution in [0.4, 0.5) is 0 Å². The Morgan fingerprint density at radius 3 is 2.62 bits per heavy atom. The van der Waals surface area contributed by atoms with Crippen molar-refractivity contribution in [2.24, 2.45) is 5.73 Å². The quantitative estimate of drug-likeness (QED) is 0.857. The fourth-order valence-corrected chi connectivity index (χ4v) is 2.99. The van der Waals surface area contributed by atoms with Gasteiger partial charge in [-0.1, -0.05) is 13.3 Å². The van der Waals surface area contributed by atoms with Crippen molar-refractivity contribution in [3.05, 3.63) is 34.5 Å². The zero-order chi connectivity index (χ0) is 15.6. The van der Waals surface area contributed by atoms with Crippen LogP contribution in [-0.2, 0) is 13.0 Å². The van der Waals surface area contributed by atoms with E-state index in [-0.39, 0.29) is 0 Å². The van der Waals surface area contributed by atoms with Gasteiger partial charge in [0.05, 0.1) is 5.56 Å². The molecular formula is C17H24N2O2. The Morgan fingerprint density at radius 2 is 2.05 bits per heavy atom. The van der Waals surface area contributed by atoms with E-state index in [0.717, 1.165) is 42.3 Å². The maximum atomic E-state index is 11.4. The molecule has 0 bridgehead atoms. The number of fused-ring (bicyclic) bond motifs is 1. The van der Waals surface area contributed by atoms with Crippen molar-refractivity contribution < 1.29 is 9.90 Å². The van der Waals surface area contributed by atoms with E-state index in [0.29, 0.717) is 12.1 Å². The molecule has 0 atom stereocenters. The van der Waals surface area contributed by atoms with Crippen molar-refractivity contribution >= 4 is 16.9 Å². The van der Waals surface area contributed by atoms with E-state index >= 15 is 0 Å². The molecule has 0 aliphatic carbocycles. The van der Waals surface area contributed by atoms with Crippen LogP contribution in [0.3, 0.4) is 0 Å². The lowest BCUT2D eigenvalue weighted by Crippen LogP contribution is -2.05. The summed E-state index contributed by atoms with van der Waals surface area (Å²) in [4.78, 5) is 11.4. The lowest BCUT2D eigenvalue weighted by atomic mass is 10.0. The molecule has 1 heterocycles. The first-order valence-electron chi connectivity index (χ1n) is 7.56. The van der Waals surface area contributed by atoms with Gasteiger partial charge >= 0.3 is 5.97 Å². The van der Waals surface area contributed by atoms with Gasteiger partial charge in [0.2, 0.25) is 0 Å². The summed E-state index contributed by atoms with van der Waals surface area (Å²) in [7, 11) is 0. The molecule has 21 heavy (non-hydrogen) atoms. The molecule has 0 aliphatic rings. The molecular weight excluding hydrogens is 264 g/mol. The van der Waals surface area contributed by atoms with E-state index in [1.807, 2.05) is 19.1 Å². The smallest absolute Gasteiger partial charge is 0.336 e. The Bertz CT molecular complexity index is 671. The van der Waals surface area contributed by atoms with Crippen LogP contribution in [0.2, 0.25) is 0 Å². The highest BCUT2D eigenvalue weighted by molar-refractivity contribution is 5.97. The van der Waals surface area contributed by atoms with Gasteiger partial charge in [-0.25, -0.2) is 4.79 Å². The summed E-state index contributed by atoms with van der Waals surface area (Å²) >= 11 is 0. The predicted molar refractivity (Wildman–Crippen MR) is 86.0 cm³/mol. The van der Waals surface area contributed by atoms with Gasteiger partial charge in [-0.2, -0.15) is 0 Å². The first-order valence-corrected chi connectivity index (χ1v) is 7.56. The van der Waals surface area contributed by atoms with Crippen LogP contribution < -0.4 is 5.73 Å². The maximum absolute atomic E-state index is 11.4. The minimum absolute atomic E-state index is 0.386. The Morgan fingerprint density at radius 1 is 1.33 bits per heavy atom. The number of hydrogen-bond donors (Lipinski definition) is 2. The second-order valence-corrected chi connectivity index (χ2v) is 5.60. The van der Waals surface area contributed by atoms with Crippen LogP contribution in [0.5, 0.6) is 0 Å². The van der Waals surface area contributed by atoms with Gasteiger partial charge in [-0.05, 0) is 56.5 Å². The molecule has 4 heteroatoms. The van der Waals surface area contributed by atoms with Crippen LogP contribution in [0.15, 0.2) is 12.1 Å². The van der Waals surface area contributed by atoms with Gasteiger partial charge in [-0.3, -0.25) is 0 Å². The molecule has 2 aromatic rings. The number of aromatic nitrogens is 1. The van der Waals surface area contributed by atoms with Crippen molar-refractivity contribution in [1.82, 2.24) is 4.57 Å². The number of carboxylic acids is 1. The minimum Gasteiger partial charge on any atom is -0.478 e. The molecule has 4 nitrogen and oxygen atoms in total. The molecule has 0 radical (unpaired) electrons. The topological polar surface area (TPSA) is 68.2 Å². The number of aryl methyl sites for hydroxylation is 2. The van der Waals surface area contributed by atoms with E-state index in [9.17, 15) is 9.90 Å². The summed E-state index contributed by atoms with van der Waals surface area (Å²) in [6.07, 6.45) is 3.03. The maximum Gasteiger partial charge on any atom is 0.336 e. The summed E-state index contributed by atoms with van der Waals surface area (Å²) in [6, 6.07) is 3.81. The van der Waals surface area contributed by atoms with Gasteiger partial charge in [-0.15, -0.1) is 0 Å².